The van der Waals surface area contributed by atoms with E-state index >= 15 is 0 Å². The molecule has 2 fully saturated rings. The average Bonchev–Trinajstić information content (AvgIpc) is 3.19. The summed E-state index contributed by atoms with van der Waals surface area (Å²) < 4.78 is 0. The van der Waals surface area contributed by atoms with E-state index in [4.69, 9.17) is 5.73 Å². The number of nitrogens with zero attached hydrogens (tertiary/aromatic N) is 2. The van der Waals surface area contributed by atoms with E-state index in [1.807, 2.05) is 11.8 Å². The normalized spacial score (nSPS) is 22.9. The van der Waals surface area contributed by atoms with Crippen LogP contribution in [0.4, 0.5) is 0 Å². The van der Waals surface area contributed by atoms with E-state index in [2.05, 4.69) is 4.90 Å². The highest BCUT2D eigenvalue weighted by atomic mass is 16.2. The third-order valence-corrected chi connectivity index (χ3v) is 3.93. The molecule has 0 aromatic rings. The van der Waals surface area contributed by atoms with Gasteiger partial charge in [-0.1, -0.05) is 0 Å². The summed E-state index contributed by atoms with van der Waals surface area (Å²) in [6.07, 6.45) is 6.07. The van der Waals surface area contributed by atoms with Crippen LogP contribution in [0.1, 0.15) is 39.0 Å². The van der Waals surface area contributed by atoms with Crippen molar-refractivity contribution in [3.05, 3.63) is 0 Å². The van der Waals surface area contributed by atoms with Crippen molar-refractivity contribution in [3.63, 3.8) is 0 Å². The smallest absolute Gasteiger partial charge is 0.239 e. The van der Waals surface area contributed by atoms with E-state index in [1.165, 1.54) is 32.1 Å². The third-order valence-electron chi connectivity index (χ3n) is 3.93. The molecule has 1 heterocycles. The maximum atomic E-state index is 12.4. The molecule has 0 radical (unpaired) electrons. The van der Waals surface area contributed by atoms with Crippen LogP contribution >= 0.6 is 0 Å². The summed E-state index contributed by atoms with van der Waals surface area (Å²) in [4.78, 5) is 16.7. The summed E-state index contributed by atoms with van der Waals surface area (Å²) in [5.41, 5.74) is 5.64. The van der Waals surface area contributed by atoms with Gasteiger partial charge in [0, 0.05) is 32.2 Å². The van der Waals surface area contributed by atoms with Gasteiger partial charge in [-0.25, -0.2) is 0 Å². The average molecular weight is 239 g/mol. The Labute approximate surface area is 104 Å². The third kappa shape index (κ3) is 3.19. The first kappa shape index (κ1) is 12.8. The van der Waals surface area contributed by atoms with Gasteiger partial charge in [-0.2, -0.15) is 0 Å². The zero-order chi connectivity index (χ0) is 12.3. The summed E-state index contributed by atoms with van der Waals surface area (Å²) in [7, 11) is 0. The van der Waals surface area contributed by atoms with E-state index in [-0.39, 0.29) is 6.04 Å². The van der Waals surface area contributed by atoms with Gasteiger partial charge in [0.25, 0.3) is 0 Å². The van der Waals surface area contributed by atoms with Gasteiger partial charge in [-0.05, 0) is 39.0 Å². The van der Waals surface area contributed by atoms with Crippen LogP contribution in [0.3, 0.4) is 0 Å². The number of hydrogen-bond acceptors (Lipinski definition) is 3. The monoisotopic (exact) mass is 239 g/mol. The van der Waals surface area contributed by atoms with Crippen molar-refractivity contribution in [2.45, 2.75) is 51.1 Å². The Balaban J connectivity index is 1.91. The maximum Gasteiger partial charge on any atom is 0.239 e. The van der Waals surface area contributed by atoms with Gasteiger partial charge in [0.1, 0.15) is 0 Å². The van der Waals surface area contributed by atoms with Crippen LogP contribution < -0.4 is 5.73 Å². The van der Waals surface area contributed by atoms with E-state index in [9.17, 15) is 4.79 Å². The first-order chi connectivity index (χ1) is 8.24. The summed E-state index contributed by atoms with van der Waals surface area (Å²) in [6, 6.07) is 0.631. The van der Waals surface area contributed by atoms with Gasteiger partial charge in [0.2, 0.25) is 5.91 Å². The van der Waals surface area contributed by atoms with Gasteiger partial charge in [-0.15, -0.1) is 0 Å². The molecule has 1 atom stereocenters. The van der Waals surface area contributed by atoms with Crippen LogP contribution in [0.15, 0.2) is 0 Å². The van der Waals surface area contributed by atoms with E-state index in [0.717, 1.165) is 19.6 Å². The fourth-order valence-corrected chi connectivity index (χ4v) is 2.77. The molecule has 1 saturated carbocycles. The van der Waals surface area contributed by atoms with Gasteiger partial charge in [0.05, 0.1) is 6.04 Å². The predicted octanol–water partition coefficient (Wildman–Crippen LogP) is 0.811. The molecule has 0 aromatic carbocycles. The minimum Gasteiger partial charge on any atom is -0.341 e. The number of carbonyl (C=O) groups excluding carboxylic acids is 1. The molecule has 2 N–H and O–H groups in total. The van der Waals surface area contributed by atoms with Crippen molar-refractivity contribution in [2.75, 3.05) is 26.2 Å². The van der Waals surface area contributed by atoms with E-state index in [1.54, 1.807) is 0 Å². The lowest BCUT2D eigenvalue weighted by atomic mass is 10.1. The number of amides is 1. The Morgan fingerprint density at radius 1 is 1.35 bits per heavy atom. The maximum absolute atomic E-state index is 12.4. The summed E-state index contributed by atoms with van der Waals surface area (Å²) in [6.45, 7) is 5.44. The topological polar surface area (TPSA) is 49.6 Å². The van der Waals surface area contributed by atoms with Crippen LogP contribution in [-0.2, 0) is 4.79 Å². The molecule has 1 aliphatic carbocycles. The number of piperidine rings is 1. The molecule has 0 aromatic heterocycles. The Bertz CT molecular complexity index is 259. The van der Waals surface area contributed by atoms with Gasteiger partial charge in [-0.3, -0.25) is 9.69 Å². The number of rotatable bonds is 5. The fraction of sp³-hybridized carbons (Fsp3) is 0.923. The standard InChI is InChI=1S/C13H25N3O/c1-11(16(10-7-14)12-5-6-12)13(17)15-8-3-2-4-9-15/h11-12H,2-10,14H2,1H3. The predicted molar refractivity (Wildman–Crippen MR) is 68.7 cm³/mol. The second-order valence-corrected chi connectivity index (χ2v) is 5.32. The Morgan fingerprint density at radius 3 is 2.53 bits per heavy atom. The zero-order valence-corrected chi connectivity index (χ0v) is 10.9. The molecule has 1 amide bonds. The quantitative estimate of drug-likeness (QED) is 0.772. The van der Waals surface area contributed by atoms with Crippen molar-refractivity contribution in [3.8, 4) is 0 Å². The first-order valence-corrected chi connectivity index (χ1v) is 6.98. The molecule has 4 heteroatoms. The summed E-state index contributed by atoms with van der Waals surface area (Å²) >= 11 is 0. The number of carbonyl (C=O) groups is 1. The van der Waals surface area contributed by atoms with Crippen LogP contribution in [0.2, 0.25) is 0 Å². The summed E-state index contributed by atoms with van der Waals surface area (Å²) in [5, 5.41) is 0. The SMILES string of the molecule is CC(C(=O)N1CCCCC1)N(CCN)C1CC1. The van der Waals surface area contributed by atoms with Gasteiger partial charge in [0.15, 0.2) is 0 Å². The van der Waals surface area contributed by atoms with Crippen LogP contribution in [-0.4, -0.2) is 54.0 Å². The van der Waals surface area contributed by atoms with Crippen molar-refractivity contribution >= 4 is 5.91 Å². The molecule has 1 unspecified atom stereocenters. The molecule has 4 nitrogen and oxygen atoms in total. The highest BCUT2D eigenvalue weighted by molar-refractivity contribution is 5.81. The summed E-state index contributed by atoms with van der Waals surface area (Å²) in [5.74, 6) is 0.310. The van der Waals surface area contributed by atoms with Crippen molar-refractivity contribution in [1.29, 1.82) is 0 Å². The van der Waals surface area contributed by atoms with E-state index < -0.39 is 0 Å². The highest BCUT2D eigenvalue weighted by Gasteiger charge is 2.36. The lowest BCUT2D eigenvalue weighted by Gasteiger charge is -2.34. The second kappa shape index (κ2) is 5.83. The van der Waals surface area contributed by atoms with Crippen molar-refractivity contribution < 1.29 is 4.79 Å². The lowest BCUT2D eigenvalue weighted by molar-refractivity contribution is -0.137. The molecule has 1 saturated heterocycles. The minimum absolute atomic E-state index is 0.0177. The largest absolute Gasteiger partial charge is 0.341 e. The molecule has 0 bridgehead atoms. The van der Waals surface area contributed by atoms with Crippen LogP contribution in [0.5, 0.6) is 0 Å². The minimum atomic E-state index is 0.0177. The molecule has 98 valence electrons. The van der Waals surface area contributed by atoms with Crippen LogP contribution in [0.25, 0.3) is 0 Å². The first-order valence-electron chi connectivity index (χ1n) is 6.98. The number of hydrogen-bond donors (Lipinski definition) is 1. The highest BCUT2D eigenvalue weighted by Crippen LogP contribution is 2.28. The van der Waals surface area contributed by atoms with E-state index in [0.29, 0.717) is 18.5 Å². The zero-order valence-electron chi connectivity index (χ0n) is 10.9. The lowest BCUT2D eigenvalue weighted by Crippen LogP contribution is -2.50. The molecule has 2 aliphatic rings. The van der Waals surface area contributed by atoms with Gasteiger partial charge < -0.3 is 10.6 Å². The Hall–Kier alpha value is -0.610. The molecule has 2 rings (SSSR count). The Kier molecular flexibility index (Phi) is 4.40. The molecular formula is C13H25N3O. The van der Waals surface area contributed by atoms with Crippen molar-refractivity contribution in [2.24, 2.45) is 5.73 Å². The molecule has 1 aliphatic heterocycles. The molecule has 0 spiro atoms. The number of likely N-dealkylation sites (tertiary alicyclic amines) is 1. The van der Waals surface area contributed by atoms with Crippen LogP contribution in [0, 0.1) is 0 Å². The Morgan fingerprint density at radius 2 is 2.00 bits per heavy atom. The second-order valence-electron chi connectivity index (χ2n) is 5.32. The molecular weight excluding hydrogens is 214 g/mol. The van der Waals surface area contributed by atoms with Gasteiger partial charge >= 0.3 is 0 Å². The number of nitrogens with two attached hydrogens (primary N) is 1. The molecule has 17 heavy (non-hydrogen) atoms. The van der Waals surface area contributed by atoms with Crippen molar-refractivity contribution in [1.82, 2.24) is 9.80 Å². The fourth-order valence-electron chi connectivity index (χ4n) is 2.77.